The number of hydrogen-bond donors (Lipinski definition) is 1. The van der Waals surface area contributed by atoms with Gasteiger partial charge in [-0.15, -0.1) is 0 Å². The Kier molecular flexibility index (Phi) is 3.77. The third kappa shape index (κ3) is 2.96. The van der Waals surface area contributed by atoms with Gasteiger partial charge in [0.25, 0.3) is 5.56 Å². The SMILES string of the molecule is Cc1cc(=O)oc2cc(Oc3nc4c(cnn4-c4ccccc4)c(=O)[nH]3)ccc12. The van der Waals surface area contributed by atoms with Gasteiger partial charge in [-0.25, -0.2) is 9.48 Å². The van der Waals surface area contributed by atoms with Crippen LogP contribution in [0.5, 0.6) is 11.8 Å². The monoisotopic (exact) mass is 386 g/mol. The minimum absolute atomic E-state index is 0.00883. The molecule has 0 bridgehead atoms. The first kappa shape index (κ1) is 16.9. The van der Waals surface area contributed by atoms with Gasteiger partial charge in [0.1, 0.15) is 16.7 Å². The maximum absolute atomic E-state index is 12.4. The zero-order valence-corrected chi connectivity index (χ0v) is 15.2. The van der Waals surface area contributed by atoms with Gasteiger partial charge in [0.2, 0.25) is 0 Å². The molecule has 0 aliphatic rings. The summed E-state index contributed by atoms with van der Waals surface area (Å²) in [5.41, 5.74) is 1.54. The van der Waals surface area contributed by atoms with Gasteiger partial charge in [-0.05, 0) is 36.8 Å². The molecule has 1 N–H and O–H groups in total. The number of nitrogens with one attached hydrogen (secondary N) is 1. The van der Waals surface area contributed by atoms with E-state index in [0.29, 0.717) is 22.4 Å². The minimum atomic E-state index is -0.438. The topological polar surface area (TPSA) is 103 Å². The Morgan fingerprint density at radius 2 is 1.86 bits per heavy atom. The summed E-state index contributed by atoms with van der Waals surface area (Å²) >= 11 is 0. The fourth-order valence-corrected chi connectivity index (χ4v) is 3.19. The molecule has 3 heterocycles. The molecule has 142 valence electrons. The molecule has 0 amide bonds. The van der Waals surface area contributed by atoms with Crippen LogP contribution in [-0.4, -0.2) is 19.7 Å². The average Bonchev–Trinajstić information content (AvgIpc) is 3.13. The number of benzene rings is 2. The van der Waals surface area contributed by atoms with Gasteiger partial charge in [-0.1, -0.05) is 18.2 Å². The zero-order valence-electron chi connectivity index (χ0n) is 15.2. The van der Waals surface area contributed by atoms with Crippen LogP contribution in [0, 0.1) is 6.92 Å². The number of nitrogens with zero attached hydrogens (tertiary/aromatic N) is 3. The summed E-state index contributed by atoms with van der Waals surface area (Å²) < 4.78 is 12.6. The summed E-state index contributed by atoms with van der Waals surface area (Å²) in [6, 6.07) is 15.9. The lowest BCUT2D eigenvalue weighted by Crippen LogP contribution is -2.10. The molecule has 5 rings (SSSR count). The number of aromatic amines is 1. The number of aryl methyl sites for hydroxylation is 1. The summed E-state index contributed by atoms with van der Waals surface area (Å²) in [6.45, 7) is 1.83. The number of ether oxygens (including phenoxy) is 1. The normalized spacial score (nSPS) is 11.2. The molecule has 2 aromatic carbocycles. The van der Waals surface area contributed by atoms with Crippen LogP contribution in [0.25, 0.3) is 27.7 Å². The number of H-pyrrole nitrogens is 1. The van der Waals surface area contributed by atoms with Crippen LogP contribution >= 0.6 is 0 Å². The molecular formula is C21H14N4O4. The molecule has 0 saturated carbocycles. The second kappa shape index (κ2) is 6.45. The first-order chi connectivity index (χ1) is 14.1. The van der Waals surface area contributed by atoms with E-state index in [9.17, 15) is 9.59 Å². The second-order valence-corrected chi connectivity index (χ2v) is 6.51. The summed E-state index contributed by atoms with van der Waals surface area (Å²) in [5, 5.41) is 5.41. The number of aromatic nitrogens is 4. The van der Waals surface area contributed by atoms with E-state index in [1.54, 1.807) is 22.9 Å². The van der Waals surface area contributed by atoms with Crippen molar-refractivity contribution < 1.29 is 9.15 Å². The highest BCUT2D eigenvalue weighted by Gasteiger charge is 2.13. The van der Waals surface area contributed by atoms with Gasteiger partial charge in [-0.3, -0.25) is 9.78 Å². The predicted molar refractivity (Wildman–Crippen MR) is 107 cm³/mol. The smallest absolute Gasteiger partial charge is 0.336 e. The van der Waals surface area contributed by atoms with E-state index in [0.717, 1.165) is 16.6 Å². The molecule has 0 radical (unpaired) electrons. The van der Waals surface area contributed by atoms with Crippen molar-refractivity contribution in [2.75, 3.05) is 0 Å². The number of hydrogen-bond acceptors (Lipinski definition) is 6. The van der Waals surface area contributed by atoms with E-state index in [4.69, 9.17) is 9.15 Å². The van der Waals surface area contributed by atoms with E-state index in [2.05, 4.69) is 15.1 Å². The molecule has 29 heavy (non-hydrogen) atoms. The van der Waals surface area contributed by atoms with Crippen molar-refractivity contribution in [1.82, 2.24) is 19.7 Å². The average molecular weight is 386 g/mol. The third-order valence-electron chi connectivity index (χ3n) is 4.55. The molecule has 0 saturated heterocycles. The third-order valence-corrected chi connectivity index (χ3v) is 4.55. The molecule has 0 atom stereocenters. The summed E-state index contributed by atoms with van der Waals surface area (Å²) in [5.74, 6) is 0.375. The Balaban J connectivity index is 1.60. The second-order valence-electron chi connectivity index (χ2n) is 6.51. The molecule has 0 spiro atoms. The van der Waals surface area contributed by atoms with Crippen molar-refractivity contribution in [3.05, 3.63) is 87.1 Å². The van der Waals surface area contributed by atoms with Crippen LogP contribution in [0.4, 0.5) is 0 Å². The molecular weight excluding hydrogens is 372 g/mol. The van der Waals surface area contributed by atoms with Gasteiger partial charge in [0.15, 0.2) is 5.65 Å². The fraction of sp³-hybridized carbons (Fsp3) is 0.0476. The first-order valence-corrected chi connectivity index (χ1v) is 8.84. The minimum Gasteiger partial charge on any atom is -0.425 e. The highest BCUT2D eigenvalue weighted by Crippen LogP contribution is 2.25. The standard InChI is InChI=1S/C21H14N4O4/c1-12-9-18(26)29-17-10-14(7-8-15(12)17)28-21-23-19-16(20(27)24-21)11-22-25(19)13-5-3-2-4-6-13/h2-11H,1H3,(H,23,24,27). The van der Waals surface area contributed by atoms with Crippen molar-refractivity contribution in [2.24, 2.45) is 0 Å². The van der Waals surface area contributed by atoms with Crippen molar-refractivity contribution in [3.63, 3.8) is 0 Å². The van der Waals surface area contributed by atoms with Crippen LogP contribution in [0.15, 0.2) is 74.8 Å². The molecule has 0 aliphatic heterocycles. The fourth-order valence-electron chi connectivity index (χ4n) is 3.19. The Bertz CT molecular complexity index is 1480. The molecule has 8 nitrogen and oxygen atoms in total. The molecule has 3 aromatic heterocycles. The van der Waals surface area contributed by atoms with Gasteiger partial charge >= 0.3 is 11.6 Å². The highest BCUT2D eigenvalue weighted by molar-refractivity contribution is 5.81. The van der Waals surface area contributed by atoms with Gasteiger partial charge in [0.05, 0.1) is 11.9 Å². The summed E-state index contributed by atoms with van der Waals surface area (Å²) in [7, 11) is 0. The van der Waals surface area contributed by atoms with Crippen molar-refractivity contribution in [1.29, 1.82) is 0 Å². The molecule has 0 aliphatic carbocycles. The quantitative estimate of drug-likeness (QED) is 0.477. The Labute approximate surface area is 163 Å². The van der Waals surface area contributed by atoms with Gasteiger partial charge < -0.3 is 9.15 Å². The van der Waals surface area contributed by atoms with E-state index < -0.39 is 5.63 Å². The van der Waals surface area contributed by atoms with E-state index >= 15 is 0 Å². The summed E-state index contributed by atoms with van der Waals surface area (Å²) in [6.07, 6.45) is 1.46. The Morgan fingerprint density at radius 3 is 2.69 bits per heavy atom. The predicted octanol–water partition coefficient (Wildman–Crippen LogP) is 3.32. The van der Waals surface area contributed by atoms with E-state index in [-0.39, 0.29) is 11.6 Å². The van der Waals surface area contributed by atoms with Crippen LogP contribution < -0.4 is 15.9 Å². The van der Waals surface area contributed by atoms with Gasteiger partial charge in [-0.2, -0.15) is 10.1 Å². The first-order valence-electron chi connectivity index (χ1n) is 8.84. The highest BCUT2D eigenvalue weighted by atomic mass is 16.5. The molecule has 8 heteroatoms. The Morgan fingerprint density at radius 1 is 1.03 bits per heavy atom. The van der Waals surface area contributed by atoms with Crippen LogP contribution in [0.1, 0.15) is 5.56 Å². The maximum Gasteiger partial charge on any atom is 0.336 e. The van der Waals surface area contributed by atoms with Crippen LogP contribution in [0.3, 0.4) is 0 Å². The number of para-hydroxylation sites is 1. The van der Waals surface area contributed by atoms with Crippen molar-refractivity contribution in [2.45, 2.75) is 6.92 Å². The van der Waals surface area contributed by atoms with E-state index in [1.807, 2.05) is 37.3 Å². The van der Waals surface area contributed by atoms with Crippen molar-refractivity contribution in [3.8, 4) is 17.4 Å². The lowest BCUT2D eigenvalue weighted by atomic mass is 10.1. The molecule has 5 aromatic rings. The molecule has 0 unspecified atom stereocenters. The number of rotatable bonds is 3. The van der Waals surface area contributed by atoms with Crippen LogP contribution in [0.2, 0.25) is 0 Å². The lowest BCUT2D eigenvalue weighted by molar-refractivity contribution is 0.441. The summed E-state index contributed by atoms with van der Waals surface area (Å²) in [4.78, 5) is 31.1. The van der Waals surface area contributed by atoms with Gasteiger partial charge in [0, 0.05) is 17.5 Å². The van der Waals surface area contributed by atoms with E-state index in [1.165, 1.54) is 12.3 Å². The Hall–Kier alpha value is -4.20. The van der Waals surface area contributed by atoms with Crippen LogP contribution in [-0.2, 0) is 0 Å². The largest absolute Gasteiger partial charge is 0.425 e. The van der Waals surface area contributed by atoms with Crippen molar-refractivity contribution >= 4 is 22.0 Å². The number of fused-ring (bicyclic) bond motifs is 2. The molecule has 0 fully saturated rings. The zero-order chi connectivity index (χ0) is 20.0. The lowest BCUT2D eigenvalue weighted by Gasteiger charge is -2.07. The maximum atomic E-state index is 12.4.